The van der Waals surface area contributed by atoms with Gasteiger partial charge in [0.15, 0.2) is 29.6 Å². The number of Topliss-reactive ketones (excluding diaryl/α,β-unsaturated/α-hetero) is 1. The number of carbonyl (C=O) groups excluding carboxylic acids is 2. The van der Waals surface area contributed by atoms with E-state index in [0.29, 0.717) is 36.4 Å². The van der Waals surface area contributed by atoms with Crippen molar-refractivity contribution in [1.82, 2.24) is 0 Å². The predicted molar refractivity (Wildman–Crippen MR) is 109 cm³/mol. The maximum absolute atomic E-state index is 13.9. The van der Waals surface area contributed by atoms with Gasteiger partial charge in [-0.15, -0.1) is 0 Å². The maximum Gasteiger partial charge on any atom is 0.218 e. The van der Waals surface area contributed by atoms with Gasteiger partial charge < -0.3 is 13.9 Å². The Hall–Kier alpha value is -1.79. The van der Waals surface area contributed by atoms with Crippen molar-refractivity contribution in [3.63, 3.8) is 0 Å². The van der Waals surface area contributed by atoms with Crippen LogP contribution in [0, 0.1) is 29.1 Å². The molecule has 4 aliphatic carbocycles. The van der Waals surface area contributed by atoms with Gasteiger partial charge >= 0.3 is 0 Å². The first-order valence-corrected chi connectivity index (χ1v) is 11.7. The molecular formula is C25H29FO5. The largest absolute Gasteiger partial charge is 0.464 e. The lowest BCUT2D eigenvalue weighted by Crippen LogP contribution is -2.59. The molecule has 1 aromatic heterocycles. The van der Waals surface area contributed by atoms with Gasteiger partial charge in [0.1, 0.15) is 0 Å². The van der Waals surface area contributed by atoms with Crippen LogP contribution in [0.3, 0.4) is 0 Å². The summed E-state index contributed by atoms with van der Waals surface area (Å²) >= 11 is 0. The topological polar surface area (TPSA) is 65.7 Å². The van der Waals surface area contributed by atoms with Crippen LogP contribution in [-0.2, 0) is 19.1 Å². The fourth-order valence-electron chi connectivity index (χ4n) is 8.08. The monoisotopic (exact) mass is 428 g/mol. The van der Waals surface area contributed by atoms with Gasteiger partial charge in [-0.05, 0) is 80.4 Å². The molecule has 0 aromatic carbocycles. The van der Waals surface area contributed by atoms with E-state index in [2.05, 4.69) is 6.92 Å². The Balaban J connectivity index is 1.35. The van der Waals surface area contributed by atoms with Crippen molar-refractivity contribution in [3.05, 3.63) is 35.8 Å². The van der Waals surface area contributed by atoms with E-state index in [4.69, 9.17) is 13.9 Å². The molecule has 8 atom stereocenters. The van der Waals surface area contributed by atoms with E-state index in [1.165, 1.54) is 5.57 Å². The Morgan fingerprint density at radius 1 is 1.23 bits per heavy atom. The molecule has 0 amide bonds. The summed E-state index contributed by atoms with van der Waals surface area (Å²) in [6, 6.07) is 3.53. The molecule has 4 fully saturated rings. The van der Waals surface area contributed by atoms with Crippen LogP contribution in [0.4, 0.5) is 4.39 Å². The first-order valence-electron chi connectivity index (χ1n) is 11.7. The quantitative estimate of drug-likeness (QED) is 0.697. The Bertz CT molecular complexity index is 938. The zero-order valence-corrected chi connectivity index (χ0v) is 17.8. The average molecular weight is 429 g/mol. The van der Waals surface area contributed by atoms with Gasteiger partial charge in [0.05, 0.1) is 12.4 Å². The van der Waals surface area contributed by atoms with Crippen molar-refractivity contribution in [1.29, 1.82) is 0 Å². The lowest BCUT2D eigenvalue weighted by atomic mass is 9.50. The third kappa shape index (κ3) is 2.55. The molecule has 3 saturated carbocycles. The molecule has 0 radical (unpaired) electrons. The molecule has 1 saturated heterocycles. The van der Waals surface area contributed by atoms with Crippen LogP contribution in [0.15, 0.2) is 34.5 Å². The van der Waals surface area contributed by atoms with Gasteiger partial charge in [-0.25, -0.2) is 4.39 Å². The van der Waals surface area contributed by atoms with E-state index in [1.54, 1.807) is 18.4 Å². The highest BCUT2D eigenvalue weighted by Gasteiger charge is 2.74. The lowest BCUT2D eigenvalue weighted by molar-refractivity contribution is -0.187. The normalized spacial score (nSPS) is 46.0. The number of allylic oxidation sites excluding steroid dienone is 1. The molecule has 0 N–H and O–H groups in total. The summed E-state index contributed by atoms with van der Waals surface area (Å²) in [4.78, 5) is 25.1. The van der Waals surface area contributed by atoms with Gasteiger partial charge in [-0.2, -0.15) is 0 Å². The van der Waals surface area contributed by atoms with Crippen molar-refractivity contribution in [3.8, 4) is 0 Å². The minimum absolute atomic E-state index is 0.253. The van der Waals surface area contributed by atoms with Gasteiger partial charge in [0.25, 0.3) is 0 Å². The van der Waals surface area contributed by atoms with Gasteiger partial charge in [0, 0.05) is 11.8 Å². The van der Waals surface area contributed by atoms with Gasteiger partial charge in [0.2, 0.25) is 6.29 Å². The number of hydrogen-bond acceptors (Lipinski definition) is 5. The minimum atomic E-state index is -1.26. The number of rotatable bonds is 3. The molecule has 6 heteroatoms. The maximum atomic E-state index is 13.9. The molecule has 1 aliphatic heterocycles. The van der Waals surface area contributed by atoms with Crippen LogP contribution >= 0.6 is 0 Å². The molecule has 2 heterocycles. The number of alkyl halides is 1. The van der Waals surface area contributed by atoms with E-state index in [-0.39, 0.29) is 11.7 Å². The minimum Gasteiger partial charge on any atom is -0.464 e. The Kier molecular flexibility index (Phi) is 4.39. The smallest absolute Gasteiger partial charge is 0.218 e. The predicted octanol–water partition coefficient (Wildman–Crippen LogP) is 4.72. The third-order valence-electron chi connectivity index (χ3n) is 9.35. The fourth-order valence-corrected chi connectivity index (χ4v) is 8.08. The average Bonchev–Trinajstić information content (AvgIpc) is 3.47. The summed E-state index contributed by atoms with van der Waals surface area (Å²) in [6.07, 6.45) is 8.30. The number of halogens is 1. The number of hydrogen-bond donors (Lipinski definition) is 0. The molecule has 166 valence electrons. The number of ether oxygens (including phenoxy) is 2. The van der Waals surface area contributed by atoms with E-state index in [9.17, 15) is 14.0 Å². The molecular weight excluding hydrogens is 399 g/mol. The lowest BCUT2D eigenvalue weighted by Gasteiger charge is -2.55. The van der Waals surface area contributed by atoms with E-state index in [0.717, 1.165) is 32.1 Å². The Morgan fingerprint density at radius 3 is 2.87 bits per heavy atom. The second kappa shape index (κ2) is 6.85. The van der Waals surface area contributed by atoms with Crippen molar-refractivity contribution < 1.29 is 27.9 Å². The summed E-state index contributed by atoms with van der Waals surface area (Å²) in [5.74, 6) is 2.01. The molecule has 1 aromatic rings. The highest BCUT2D eigenvalue weighted by molar-refractivity contribution is 5.92. The van der Waals surface area contributed by atoms with E-state index >= 15 is 0 Å². The zero-order chi connectivity index (χ0) is 21.4. The van der Waals surface area contributed by atoms with Gasteiger partial charge in [-0.3, -0.25) is 9.59 Å². The first kappa shape index (κ1) is 19.9. The standard InChI is InChI=1S/C25H29FO5/c1-24-9-8-17-16-7-5-15(27)11-14(16)4-6-18(17)19(24)12-22-25(24,21(28)13-26)31-23(30-22)20-3-2-10-29-20/h2-3,10-11,16-19,22-23H,4-9,12-13H2,1H3/t16-,17+,18+,19-,22+,23-,24-,25+/m0/s1. The first-order chi connectivity index (χ1) is 15.0. The number of ketones is 2. The van der Waals surface area contributed by atoms with Crippen LogP contribution in [-0.4, -0.2) is 29.9 Å². The molecule has 0 bridgehead atoms. The second-order valence-electron chi connectivity index (χ2n) is 10.4. The summed E-state index contributed by atoms with van der Waals surface area (Å²) in [6.45, 7) is 1.09. The highest BCUT2D eigenvalue weighted by atomic mass is 19.1. The van der Waals surface area contributed by atoms with E-state index in [1.807, 2.05) is 6.08 Å². The molecule has 5 nitrogen and oxygen atoms in total. The molecule has 0 unspecified atom stereocenters. The fraction of sp³-hybridized carbons (Fsp3) is 0.680. The van der Waals surface area contributed by atoms with Crippen LogP contribution < -0.4 is 0 Å². The van der Waals surface area contributed by atoms with Crippen LogP contribution in [0.2, 0.25) is 0 Å². The number of carbonyl (C=O) groups is 2. The Labute approximate surface area is 181 Å². The SMILES string of the molecule is C[C@]12CC[C@H]3[C@@H](CCC4=CC(=O)CC[C@@H]43)[C@@H]1C[C@H]1O[C@H](c3ccco3)O[C@]12C(=O)CF. The summed E-state index contributed by atoms with van der Waals surface area (Å²) in [5.41, 5.74) is -0.387. The highest BCUT2D eigenvalue weighted by Crippen LogP contribution is 2.69. The summed E-state index contributed by atoms with van der Waals surface area (Å²) in [5, 5.41) is 0. The van der Waals surface area contributed by atoms with Crippen molar-refractivity contribution >= 4 is 11.6 Å². The van der Waals surface area contributed by atoms with Crippen LogP contribution in [0.25, 0.3) is 0 Å². The molecule has 31 heavy (non-hydrogen) atoms. The molecule has 5 aliphatic rings. The van der Waals surface area contributed by atoms with Gasteiger partial charge in [-0.1, -0.05) is 12.5 Å². The van der Waals surface area contributed by atoms with Crippen LogP contribution in [0.1, 0.15) is 63.9 Å². The molecule has 0 spiro atoms. The third-order valence-corrected chi connectivity index (χ3v) is 9.35. The Morgan fingerprint density at radius 2 is 2.10 bits per heavy atom. The number of furan rings is 1. The van der Waals surface area contributed by atoms with Crippen molar-refractivity contribution in [2.45, 2.75) is 69.9 Å². The second-order valence-corrected chi connectivity index (χ2v) is 10.4. The zero-order valence-electron chi connectivity index (χ0n) is 17.8. The van der Waals surface area contributed by atoms with Crippen LogP contribution in [0.5, 0.6) is 0 Å². The number of fused-ring (bicyclic) bond motifs is 7. The molecule has 6 rings (SSSR count). The summed E-state index contributed by atoms with van der Waals surface area (Å²) in [7, 11) is 0. The summed E-state index contributed by atoms with van der Waals surface area (Å²) < 4.78 is 32.0. The van der Waals surface area contributed by atoms with Crippen molar-refractivity contribution in [2.75, 3.05) is 6.67 Å². The van der Waals surface area contributed by atoms with Crippen molar-refractivity contribution in [2.24, 2.45) is 29.1 Å². The van der Waals surface area contributed by atoms with E-state index < -0.39 is 35.9 Å².